The van der Waals surface area contributed by atoms with Gasteiger partial charge in [-0.25, -0.2) is 9.78 Å². The molecule has 0 unspecified atom stereocenters. The predicted molar refractivity (Wildman–Crippen MR) is 87.8 cm³/mol. The number of allylic oxidation sites excluding steroid dienone is 1. The lowest BCUT2D eigenvalue weighted by Crippen LogP contribution is -2.06. The molecule has 5 nitrogen and oxygen atoms in total. The minimum absolute atomic E-state index is 0.380. The zero-order valence-electron chi connectivity index (χ0n) is 12.4. The van der Waals surface area contributed by atoms with E-state index in [1.807, 2.05) is 10.8 Å². The first-order valence-electron chi connectivity index (χ1n) is 6.97. The van der Waals surface area contributed by atoms with Gasteiger partial charge in [-0.15, -0.1) is 11.8 Å². The van der Waals surface area contributed by atoms with Gasteiger partial charge >= 0.3 is 5.97 Å². The van der Waals surface area contributed by atoms with Gasteiger partial charge in [0.25, 0.3) is 0 Å². The fourth-order valence-corrected chi connectivity index (χ4v) is 2.60. The molecule has 2 aromatic rings. The summed E-state index contributed by atoms with van der Waals surface area (Å²) in [6.45, 7) is 2.06. The van der Waals surface area contributed by atoms with Crippen molar-refractivity contribution in [2.45, 2.75) is 18.2 Å². The molecule has 6 heteroatoms. The summed E-state index contributed by atoms with van der Waals surface area (Å²) in [6.07, 6.45) is 7.53. The van der Waals surface area contributed by atoms with Crippen molar-refractivity contribution in [1.29, 1.82) is 0 Å². The Labute approximate surface area is 134 Å². The first-order chi connectivity index (χ1) is 10.6. The normalized spacial score (nSPS) is 11.4. The number of imidazole rings is 1. The maximum absolute atomic E-state index is 11.2. The summed E-state index contributed by atoms with van der Waals surface area (Å²) in [6, 6.07) is 8.26. The standard InChI is InChI=1S/C16H19N3O2S/c1-13(17)11-16(20)21-9-2-10-22-15-5-3-14(4-6-15)19-8-7-18-12-19/h3-8,11-12H,2,9-10,17H2,1H3. The van der Waals surface area contributed by atoms with Crippen LogP contribution >= 0.6 is 11.8 Å². The number of benzene rings is 1. The molecule has 116 valence electrons. The van der Waals surface area contributed by atoms with Crippen molar-refractivity contribution < 1.29 is 9.53 Å². The van der Waals surface area contributed by atoms with Gasteiger partial charge in [-0.1, -0.05) is 0 Å². The third-order valence-corrected chi connectivity index (χ3v) is 3.88. The Bertz CT molecular complexity index is 617. The van der Waals surface area contributed by atoms with Gasteiger partial charge in [0.1, 0.15) is 0 Å². The lowest BCUT2D eigenvalue weighted by molar-refractivity contribution is -0.137. The highest BCUT2D eigenvalue weighted by atomic mass is 32.2. The fourth-order valence-electron chi connectivity index (χ4n) is 1.78. The number of hydrogen-bond donors (Lipinski definition) is 1. The topological polar surface area (TPSA) is 70.1 Å². The van der Waals surface area contributed by atoms with Crippen LogP contribution in [0.5, 0.6) is 0 Å². The van der Waals surface area contributed by atoms with Crippen molar-refractivity contribution in [3.8, 4) is 5.69 Å². The highest BCUT2D eigenvalue weighted by Crippen LogP contribution is 2.20. The van der Waals surface area contributed by atoms with Crippen molar-refractivity contribution in [3.05, 3.63) is 54.8 Å². The molecule has 1 heterocycles. The zero-order chi connectivity index (χ0) is 15.8. The molecule has 22 heavy (non-hydrogen) atoms. The SMILES string of the molecule is CC(N)=CC(=O)OCCCSc1ccc(-n2ccnc2)cc1. The molecule has 0 aliphatic rings. The quantitative estimate of drug-likeness (QED) is 0.368. The Balaban J connectivity index is 1.69. The lowest BCUT2D eigenvalue weighted by Gasteiger charge is -2.05. The number of rotatable bonds is 7. The molecule has 0 saturated carbocycles. The number of carbonyl (C=O) groups is 1. The smallest absolute Gasteiger partial charge is 0.332 e. The van der Waals surface area contributed by atoms with E-state index < -0.39 is 0 Å². The second-order valence-electron chi connectivity index (χ2n) is 4.72. The summed E-state index contributed by atoms with van der Waals surface area (Å²) in [4.78, 5) is 16.5. The van der Waals surface area contributed by atoms with Gasteiger partial charge in [0, 0.05) is 40.5 Å². The van der Waals surface area contributed by atoms with Gasteiger partial charge in [-0.05, 0) is 37.6 Å². The van der Waals surface area contributed by atoms with E-state index in [2.05, 4.69) is 29.2 Å². The maximum Gasteiger partial charge on any atom is 0.332 e. The summed E-state index contributed by atoms with van der Waals surface area (Å²) in [7, 11) is 0. The van der Waals surface area contributed by atoms with Crippen molar-refractivity contribution in [2.75, 3.05) is 12.4 Å². The van der Waals surface area contributed by atoms with E-state index in [1.54, 1.807) is 31.2 Å². The largest absolute Gasteiger partial charge is 0.462 e. The zero-order valence-corrected chi connectivity index (χ0v) is 13.3. The Kier molecular flexibility index (Phi) is 6.09. The number of nitrogens with two attached hydrogens (primary N) is 1. The van der Waals surface area contributed by atoms with Crippen LogP contribution in [0.1, 0.15) is 13.3 Å². The molecule has 2 N–H and O–H groups in total. The third kappa shape index (κ3) is 5.29. The molecular weight excluding hydrogens is 298 g/mol. The molecule has 1 aromatic heterocycles. The van der Waals surface area contributed by atoms with Crippen molar-refractivity contribution in [1.82, 2.24) is 9.55 Å². The predicted octanol–water partition coefficient (Wildman–Crippen LogP) is 2.76. The average Bonchev–Trinajstić information content (AvgIpc) is 3.01. The van der Waals surface area contributed by atoms with Crippen LogP contribution < -0.4 is 5.73 Å². The van der Waals surface area contributed by atoms with E-state index in [4.69, 9.17) is 10.5 Å². The van der Waals surface area contributed by atoms with E-state index in [9.17, 15) is 4.79 Å². The molecule has 0 saturated heterocycles. The first-order valence-corrected chi connectivity index (χ1v) is 7.95. The summed E-state index contributed by atoms with van der Waals surface area (Å²) in [5, 5.41) is 0. The molecule has 0 aliphatic heterocycles. The van der Waals surface area contributed by atoms with Crippen LogP contribution in [0.2, 0.25) is 0 Å². The van der Waals surface area contributed by atoms with Gasteiger partial charge in [-0.2, -0.15) is 0 Å². The van der Waals surface area contributed by atoms with Crippen molar-refractivity contribution >= 4 is 17.7 Å². The highest BCUT2D eigenvalue weighted by molar-refractivity contribution is 7.99. The Morgan fingerprint density at radius 3 is 2.82 bits per heavy atom. The lowest BCUT2D eigenvalue weighted by atomic mass is 10.3. The average molecular weight is 317 g/mol. The minimum Gasteiger partial charge on any atom is -0.462 e. The molecule has 0 atom stereocenters. The van der Waals surface area contributed by atoms with E-state index in [0.29, 0.717) is 12.3 Å². The minimum atomic E-state index is -0.380. The molecule has 0 spiro atoms. The molecule has 2 rings (SSSR count). The number of ether oxygens (including phenoxy) is 1. The number of esters is 1. The summed E-state index contributed by atoms with van der Waals surface area (Å²) in [5.74, 6) is 0.512. The van der Waals surface area contributed by atoms with E-state index in [0.717, 1.165) is 17.9 Å². The van der Waals surface area contributed by atoms with Gasteiger partial charge in [-0.3, -0.25) is 0 Å². The van der Waals surface area contributed by atoms with Gasteiger partial charge < -0.3 is 15.0 Å². The fraction of sp³-hybridized carbons (Fsp3) is 0.250. The van der Waals surface area contributed by atoms with E-state index in [-0.39, 0.29) is 5.97 Å². The van der Waals surface area contributed by atoms with Gasteiger partial charge in [0.2, 0.25) is 0 Å². The molecule has 0 fully saturated rings. The van der Waals surface area contributed by atoms with E-state index >= 15 is 0 Å². The van der Waals surface area contributed by atoms with Crippen molar-refractivity contribution in [2.24, 2.45) is 5.73 Å². The van der Waals surface area contributed by atoms with Crippen molar-refractivity contribution in [3.63, 3.8) is 0 Å². The summed E-state index contributed by atoms with van der Waals surface area (Å²) < 4.78 is 7.00. The van der Waals surface area contributed by atoms with E-state index in [1.165, 1.54) is 11.0 Å². The summed E-state index contributed by atoms with van der Waals surface area (Å²) >= 11 is 1.74. The molecular formula is C16H19N3O2S. The Hall–Kier alpha value is -2.21. The van der Waals surface area contributed by atoms with Crippen LogP contribution in [-0.4, -0.2) is 27.9 Å². The molecule has 1 aromatic carbocycles. The summed E-state index contributed by atoms with van der Waals surface area (Å²) in [5.41, 5.74) is 6.94. The molecule has 0 bridgehead atoms. The molecule has 0 aliphatic carbocycles. The Morgan fingerprint density at radius 2 is 2.18 bits per heavy atom. The number of carbonyl (C=O) groups excluding carboxylic acids is 1. The van der Waals surface area contributed by atoms with Crippen LogP contribution in [0.15, 0.2) is 59.7 Å². The highest BCUT2D eigenvalue weighted by Gasteiger charge is 2.00. The van der Waals surface area contributed by atoms with Crippen LogP contribution in [-0.2, 0) is 9.53 Å². The van der Waals surface area contributed by atoms with Crippen LogP contribution in [0.4, 0.5) is 0 Å². The number of aromatic nitrogens is 2. The first kappa shape index (κ1) is 16.2. The monoisotopic (exact) mass is 317 g/mol. The molecule has 0 amide bonds. The second-order valence-corrected chi connectivity index (χ2v) is 5.89. The van der Waals surface area contributed by atoms with Crippen LogP contribution in [0.3, 0.4) is 0 Å². The van der Waals surface area contributed by atoms with Gasteiger partial charge in [0.05, 0.1) is 12.9 Å². The second kappa shape index (κ2) is 8.29. The third-order valence-electron chi connectivity index (χ3n) is 2.79. The van der Waals surface area contributed by atoms with Crippen LogP contribution in [0.25, 0.3) is 5.69 Å². The number of thioether (sulfide) groups is 1. The number of hydrogen-bond acceptors (Lipinski definition) is 5. The van der Waals surface area contributed by atoms with Gasteiger partial charge in [0.15, 0.2) is 0 Å². The van der Waals surface area contributed by atoms with Crippen LogP contribution in [0, 0.1) is 0 Å². The number of nitrogens with zero attached hydrogens (tertiary/aromatic N) is 2. The Morgan fingerprint density at radius 1 is 1.41 bits per heavy atom. The molecule has 0 radical (unpaired) electrons. The maximum atomic E-state index is 11.2.